The molecule has 0 radical (unpaired) electrons. The third-order valence-corrected chi connectivity index (χ3v) is 5.53. The first-order chi connectivity index (χ1) is 10.3. The molecular weight excluding hydrogens is 304 g/mol. The third-order valence-electron chi connectivity index (χ3n) is 4.42. The van der Waals surface area contributed by atoms with Gasteiger partial charge in [0.25, 0.3) is 0 Å². The summed E-state index contributed by atoms with van der Waals surface area (Å²) in [5.41, 5.74) is 0. The maximum absolute atomic E-state index is 12.6. The fourth-order valence-corrected chi connectivity index (χ4v) is 4.21. The average Bonchev–Trinajstić information content (AvgIpc) is 2.87. The predicted molar refractivity (Wildman–Crippen MR) is 84.1 cm³/mol. The predicted octanol–water partition coefficient (Wildman–Crippen LogP) is 2.97. The van der Waals surface area contributed by atoms with Crippen LogP contribution in [0.25, 0.3) is 0 Å². The number of carbonyl (C=O) groups is 2. The number of thioether (sulfide) groups is 1. The minimum absolute atomic E-state index is 0.131. The van der Waals surface area contributed by atoms with Gasteiger partial charge in [0.1, 0.15) is 6.10 Å². The van der Waals surface area contributed by atoms with E-state index in [9.17, 15) is 9.59 Å². The Kier molecular flexibility index (Phi) is 5.77. The van der Waals surface area contributed by atoms with Crippen LogP contribution < -0.4 is 0 Å². The summed E-state index contributed by atoms with van der Waals surface area (Å²) in [5.74, 6) is 0.832. The first kappa shape index (κ1) is 17.6. The summed E-state index contributed by atoms with van der Waals surface area (Å²) in [6.07, 6.45) is 2.95. The zero-order valence-electron chi connectivity index (χ0n) is 13.8. The van der Waals surface area contributed by atoms with Crippen molar-refractivity contribution in [1.29, 1.82) is 0 Å². The molecule has 0 aromatic carbocycles. The van der Waals surface area contributed by atoms with E-state index < -0.39 is 17.1 Å². The molecule has 22 heavy (non-hydrogen) atoms. The SMILES string of the molecule is CC(=O)OC1(C(=O)OC2CC(C)CCC2C(C)C)OCCS1. The van der Waals surface area contributed by atoms with E-state index >= 15 is 0 Å². The molecule has 0 aromatic rings. The lowest BCUT2D eigenvalue weighted by molar-refractivity contribution is -0.213. The number of hydrogen-bond acceptors (Lipinski definition) is 6. The highest BCUT2D eigenvalue weighted by Gasteiger charge is 2.51. The van der Waals surface area contributed by atoms with Crippen molar-refractivity contribution in [2.45, 2.75) is 58.2 Å². The van der Waals surface area contributed by atoms with E-state index in [2.05, 4.69) is 20.8 Å². The van der Waals surface area contributed by atoms with Crippen molar-refractivity contribution < 1.29 is 23.8 Å². The van der Waals surface area contributed by atoms with Gasteiger partial charge in [-0.15, -0.1) is 0 Å². The average molecular weight is 330 g/mol. The molecule has 0 amide bonds. The van der Waals surface area contributed by atoms with Gasteiger partial charge < -0.3 is 14.2 Å². The second-order valence-electron chi connectivity index (χ2n) is 6.62. The second kappa shape index (κ2) is 7.21. The number of ether oxygens (including phenoxy) is 3. The van der Waals surface area contributed by atoms with Crippen molar-refractivity contribution in [1.82, 2.24) is 0 Å². The Morgan fingerprint density at radius 1 is 1.32 bits per heavy atom. The second-order valence-corrected chi connectivity index (χ2v) is 7.85. The summed E-state index contributed by atoms with van der Waals surface area (Å²) in [6, 6.07) is 0. The monoisotopic (exact) mass is 330 g/mol. The number of carbonyl (C=O) groups excluding carboxylic acids is 2. The molecule has 2 fully saturated rings. The van der Waals surface area contributed by atoms with Crippen molar-refractivity contribution in [3.63, 3.8) is 0 Å². The molecule has 0 bridgehead atoms. The van der Waals surface area contributed by atoms with Gasteiger partial charge in [-0.1, -0.05) is 39.0 Å². The summed E-state index contributed by atoms with van der Waals surface area (Å²) >= 11 is 1.19. The normalized spacial score (nSPS) is 35.4. The molecule has 6 heteroatoms. The van der Waals surface area contributed by atoms with Crippen LogP contribution in [0, 0.1) is 17.8 Å². The summed E-state index contributed by atoms with van der Waals surface area (Å²) in [5, 5.41) is -1.60. The van der Waals surface area contributed by atoms with Gasteiger partial charge in [0.15, 0.2) is 0 Å². The maximum Gasteiger partial charge on any atom is 0.392 e. The number of rotatable bonds is 4. The van der Waals surface area contributed by atoms with Crippen LogP contribution in [0.3, 0.4) is 0 Å². The Hall–Kier alpha value is -0.750. The molecule has 2 aliphatic rings. The molecule has 1 aliphatic carbocycles. The topological polar surface area (TPSA) is 61.8 Å². The number of hydrogen-bond donors (Lipinski definition) is 0. The lowest BCUT2D eigenvalue weighted by Crippen LogP contribution is -2.45. The smallest absolute Gasteiger partial charge is 0.392 e. The molecule has 1 saturated heterocycles. The first-order valence-corrected chi connectivity index (χ1v) is 9.01. The lowest BCUT2D eigenvalue weighted by atomic mass is 9.75. The van der Waals surface area contributed by atoms with Gasteiger partial charge in [0, 0.05) is 12.7 Å². The van der Waals surface area contributed by atoms with Crippen LogP contribution in [0.1, 0.15) is 47.0 Å². The summed E-state index contributed by atoms with van der Waals surface area (Å²) in [6.45, 7) is 8.15. The highest BCUT2D eigenvalue weighted by atomic mass is 32.2. The van der Waals surface area contributed by atoms with E-state index in [0.29, 0.717) is 30.1 Å². The largest absolute Gasteiger partial charge is 0.456 e. The van der Waals surface area contributed by atoms with Crippen LogP contribution in [0.5, 0.6) is 0 Å². The Balaban J connectivity index is 2.08. The van der Waals surface area contributed by atoms with Gasteiger partial charge >= 0.3 is 17.1 Å². The maximum atomic E-state index is 12.6. The molecular formula is C16H26O5S. The number of esters is 2. The fourth-order valence-electron chi connectivity index (χ4n) is 3.26. The van der Waals surface area contributed by atoms with Gasteiger partial charge in [-0.05, 0) is 30.6 Å². The van der Waals surface area contributed by atoms with E-state index in [1.807, 2.05) is 0 Å². The Labute approximate surface area is 136 Å². The molecule has 1 aliphatic heterocycles. The van der Waals surface area contributed by atoms with Crippen molar-refractivity contribution in [3.05, 3.63) is 0 Å². The van der Waals surface area contributed by atoms with Crippen molar-refractivity contribution >= 4 is 23.7 Å². The molecule has 0 aromatic heterocycles. The van der Waals surface area contributed by atoms with Crippen LogP contribution in [-0.2, 0) is 23.8 Å². The standard InChI is InChI=1S/C16H26O5S/c1-10(2)13-6-5-11(3)9-14(13)20-15(18)16(21-12(4)17)19-7-8-22-16/h10-11,13-14H,5-9H2,1-4H3. The first-order valence-electron chi connectivity index (χ1n) is 8.02. The molecule has 2 rings (SSSR count). The zero-order chi connectivity index (χ0) is 16.3. The molecule has 1 heterocycles. The Morgan fingerprint density at radius 2 is 2.05 bits per heavy atom. The van der Waals surface area contributed by atoms with Crippen LogP contribution in [0.15, 0.2) is 0 Å². The van der Waals surface area contributed by atoms with Crippen LogP contribution >= 0.6 is 11.8 Å². The van der Waals surface area contributed by atoms with Crippen molar-refractivity contribution in [3.8, 4) is 0 Å². The van der Waals surface area contributed by atoms with Gasteiger partial charge in [-0.2, -0.15) is 0 Å². The molecule has 4 unspecified atom stereocenters. The third kappa shape index (κ3) is 3.96. The highest BCUT2D eigenvalue weighted by Crippen LogP contribution is 2.39. The van der Waals surface area contributed by atoms with Gasteiger partial charge in [0.05, 0.1) is 6.61 Å². The minimum Gasteiger partial charge on any atom is -0.456 e. The fraction of sp³-hybridized carbons (Fsp3) is 0.875. The minimum atomic E-state index is -1.60. The van der Waals surface area contributed by atoms with Crippen molar-refractivity contribution in [2.75, 3.05) is 12.4 Å². The molecule has 0 N–H and O–H groups in total. The molecule has 5 nitrogen and oxygen atoms in total. The summed E-state index contributed by atoms with van der Waals surface area (Å²) < 4.78 is 16.3. The summed E-state index contributed by atoms with van der Waals surface area (Å²) in [4.78, 5) is 23.9. The molecule has 0 spiro atoms. The highest BCUT2D eigenvalue weighted by molar-refractivity contribution is 8.01. The summed E-state index contributed by atoms with van der Waals surface area (Å²) in [7, 11) is 0. The quantitative estimate of drug-likeness (QED) is 0.739. The van der Waals surface area contributed by atoms with E-state index in [-0.39, 0.29) is 6.10 Å². The van der Waals surface area contributed by atoms with Gasteiger partial charge in [0.2, 0.25) is 0 Å². The zero-order valence-corrected chi connectivity index (χ0v) is 14.6. The van der Waals surface area contributed by atoms with Gasteiger partial charge in [-0.25, -0.2) is 4.79 Å². The Morgan fingerprint density at radius 3 is 2.59 bits per heavy atom. The van der Waals surface area contributed by atoms with Crippen molar-refractivity contribution in [2.24, 2.45) is 17.8 Å². The van der Waals surface area contributed by atoms with E-state index in [1.165, 1.54) is 18.7 Å². The van der Waals surface area contributed by atoms with E-state index in [4.69, 9.17) is 14.2 Å². The van der Waals surface area contributed by atoms with E-state index in [1.54, 1.807) is 0 Å². The van der Waals surface area contributed by atoms with Gasteiger partial charge in [-0.3, -0.25) is 4.79 Å². The van der Waals surface area contributed by atoms with Crippen LogP contribution in [0.4, 0.5) is 0 Å². The Bertz CT molecular complexity index is 417. The van der Waals surface area contributed by atoms with E-state index in [0.717, 1.165) is 19.3 Å². The molecule has 4 atom stereocenters. The molecule has 126 valence electrons. The van der Waals surface area contributed by atoms with Crippen LogP contribution in [-0.4, -0.2) is 35.5 Å². The molecule has 1 saturated carbocycles. The lowest BCUT2D eigenvalue weighted by Gasteiger charge is -2.38. The van der Waals surface area contributed by atoms with Crippen LogP contribution in [0.2, 0.25) is 0 Å².